The van der Waals surface area contributed by atoms with Crippen LogP contribution >= 0.6 is 15.9 Å². The van der Waals surface area contributed by atoms with E-state index in [2.05, 4.69) is 49.4 Å². The number of halogens is 8. The molecule has 0 unspecified atom stereocenters. The van der Waals surface area contributed by atoms with Crippen LogP contribution in [0, 0.1) is 30.2 Å². The van der Waals surface area contributed by atoms with E-state index in [0.29, 0.717) is 51.5 Å². The molecule has 2 aliphatic heterocycles. The molecule has 2 aliphatic rings. The Labute approximate surface area is 464 Å². The second-order valence-corrected chi connectivity index (χ2v) is 21.6. The summed E-state index contributed by atoms with van der Waals surface area (Å²) in [5, 5.41) is 15.3. The normalized spacial score (nSPS) is 13.6. The van der Waals surface area contributed by atoms with Crippen LogP contribution in [0.15, 0.2) is 133 Å². The van der Waals surface area contributed by atoms with E-state index in [1.54, 1.807) is 19.1 Å². The van der Waals surface area contributed by atoms with Crippen LogP contribution < -0.4 is 34.7 Å². The first-order valence-corrected chi connectivity index (χ1v) is 27.1. The van der Waals surface area contributed by atoms with E-state index in [9.17, 15) is 52.8 Å². The van der Waals surface area contributed by atoms with E-state index in [-0.39, 0.29) is 96.8 Å². The Morgan fingerprint density at radius 3 is 1.63 bits per heavy atom. The first-order valence-electron chi connectivity index (χ1n) is 23.4. The van der Waals surface area contributed by atoms with Crippen molar-refractivity contribution >= 4 is 55.7 Å². The van der Waals surface area contributed by atoms with Gasteiger partial charge in [0.05, 0.1) is 35.6 Å². The number of nitrogens with one attached hydrogen (secondary N) is 2. The standard InChI is InChI=1S/C25H22F2N4O5S.C18H16BrFN4O5S.C7H4BF4O2/c1-15-11-16(3-5-19(15)26)18-12-23(35-2)22(13-20(18)27)31-21-7-9-30(14-17(21)4-6-25(31)32)37(33,34)29-24-8-10-36-28-24;1-28-16-8-12(19)13(20)9-15(16)24-14-4-6-23(10-11(14)2-3-18(24)25)30(26,27)22-17-5-7-29-21-17;9-6-2-1-4(14-8-13)3-5(6)7(10,11)12/h3-6,8,10-13H,7,9,14H2,1-2H3,(H,28,29);2-3,5,7-9H,4,6,10H2,1H3,(H,21,22);1-3,13H. The molecule has 0 spiro atoms. The Kier molecular flexibility index (Phi) is 17.8. The van der Waals surface area contributed by atoms with Crippen LogP contribution in [0.2, 0.25) is 0 Å². The molecule has 0 saturated heterocycles. The highest BCUT2D eigenvalue weighted by Crippen LogP contribution is 2.37. The van der Waals surface area contributed by atoms with Crippen molar-refractivity contribution < 1.29 is 75.8 Å². The van der Waals surface area contributed by atoms with Crippen molar-refractivity contribution in [2.24, 2.45) is 0 Å². The summed E-state index contributed by atoms with van der Waals surface area (Å²) >= 11 is 3.11. The Hall–Kier alpha value is -7.97. The summed E-state index contributed by atoms with van der Waals surface area (Å²) in [6.07, 6.45) is -1.84. The molecule has 81 heavy (non-hydrogen) atoms. The van der Waals surface area contributed by atoms with Crippen LogP contribution in [0.3, 0.4) is 0 Å². The number of nitrogens with zero attached hydrogens (tertiary/aromatic N) is 6. The van der Waals surface area contributed by atoms with Crippen LogP contribution in [0.25, 0.3) is 22.5 Å². The number of pyridine rings is 2. The average Bonchev–Trinajstić information content (AvgIpc) is 4.19. The maximum atomic E-state index is 15.4. The fraction of sp³-hybridized carbons (Fsp3) is 0.200. The lowest BCUT2D eigenvalue weighted by Crippen LogP contribution is -2.41. The minimum Gasteiger partial charge on any atom is -0.537 e. The van der Waals surface area contributed by atoms with Gasteiger partial charge in [0, 0.05) is 92.4 Å². The van der Waals surface area contributed by atoms with E-state index in [1.807, 2.05) is 0 Å². The van der Waals surface area contributed by atoms with Crippen LogP contribution in [-0.4, -0.2) is 84.9 Å². The predicted octanol–water partition coefficient (Wildman–Crippen LogP) is 8.00. The molecular formula is C50H42BBrF7N8O12S2. The first kappa shape index (κ1) is 59.2. The third-order valence-electron chi connectivity index (χ3n) is 12.4. The highest BCUT2D eigenvalue weighted by molar-refractivity contribution is 9.10. The van der Waals surface area contributed by atoms with Gasteiger partial charge in [-0.3, -0.25) is 28.2 Å². The number of hydrogen-bond donors (Lipinski definition) is 3. The molecule has 0 atom stereocenters. The fourth-order valence-corrected chi connectivity index (χ4v) is 11.2. The van der Waals surface area contributed by atoms with E-state index < -0.39 is 61.0 Å². The predicted molar refractivity (Wildman–Crippen MR) is 281 cm³/mol. The lowest BCUT2D eigenvalue weighted by atomic mass is 10.0. The van der Waals surface area contributed by atoms with Crippen molar-refractivity contribution in [3.05, 3.63) is 192 Å². The van der Waals surface area contributed by atoms with Gasteiger partial charge in [-0.1, -0.05) is 28.5 Å². The number of methoxy groups -OCH3 is 2. The summed E-state index contributed by atoms with van der Waals surface area (Å²) in [6, 6.07) is 20.1. The van der Waals surface area contributed by atoms with E-state index >= 15 is 4.39 Å². The smallest absolute Gasteiger partial charge is 0.537 e. The molecule has 4 aromatic heterocycles. The number of aromatic nitrogens is 4. The number of benzene rings is 4. The zero-order valence-electron chi connectivity index (χ0n) is 42.2. The average molecular weight is 1230 g/mol. The Bertz CT molecular complexity index is 3970. The van der Waals surface area contributed by atoms with Crippen molar-refractivity contribution in [2.45, 2.75) is 39.0 Å². The number of aryl methyl sites for hydroxylation is 1. The van der Waals surface area contributed by atoms with Crippen molar-refractivity contribution in [1.82, 2.24) is 28.1 Å². The molecule has 425 valence electrons. The van der Waals surface area contributed by atoms with Gasteiger partial charge in [-0.25, -0.2) is 17.6 Å². The third-order valence-corrected chi connectivity index (χ3v) is 15.9. The summed E-state index contributed by atoms with van der Waals surface area (Å²) in [5.74, 6) is -2.59. The van der Waals surface area contributed by atoms with E-state index in [4.69, 9.17) is 14.5 Å². The fourth-order valence-electron chi connectivity index (χ4n) is 8.56. The van der Waals surface area contributed by atoms with Gasteiger partial charge in [-0.2, -0.15) is 38.6 Å². The zero-order valence-corrected chi connectivity index (χ0v) is 45.4. The number of ether oxygens (including phenoxy) is 2. The van der Waals surface area contributed by atoms with Crippen LogP contribution in [-0.2, 0) is 52.5 Å². The number of rotatable bonds is 13. The SMILES string of the molecule is COc1cc(-c2ccc(F)c(C)c2)c(F)cc1-n1c2c(ccc1=O)CN(S(=O)(=O)Nc1ccon1)CC2.COc1cc(Br)c(F)cc1-n1c2c(ccc1=O)CN(S(=O)(=O)Nc1ccon1)CC2.O[B]Oc1ccc(F)c(C(F)(F)F)c1. The molecule has 0 aliphatic carbocycles. The second-order valence-electron chi connectivity index (χ2n) is 17.4. The lowest BCUT2D eigenvalue weighted by molar-refractivity contribution is -0.140. The van der Waals surface area contributed by atoms with Gasteiger partial charge < -0.3 is 28.2 Å². The Morgan fingerprint density at radius 1 is 0.654 bits per heavy atom. The molecule has 0 fully saturated rings. The van der Waals surface area contributed by atoms with Gasteiger partial charge >= 0.3 is 34.3 Å². The summed E-state index contributed by atoms with van der Waals surface area (Å²) in [6.45, 7) is 1.79. The summed E-state index contributed by atoms with van der Waals surface area (Å²) < 4.78 is 178. The van der Waals surface area contributed by atoms with Crippen molar-refractivity contribution in [1.29, 1.82) is 0 Å². The highest BCUT2D eigenvalue weighted by Gasteiger charge is 2.35. The largest absolute Gasteiger partial charge is 0.569 e. The van der Waals surface area contributed by atoms with Gasteiger partial charge in [0.25, 0.3) is 11.1 Å². The van der Waals surface area contributed by atoms with Crippen LogP contribution in [0.5, 0.6) is 17.2 Å². The molecule has 6 heterocycles. The molecule has 8 aromatic rings. The van der Waals surface area contributed by atoms with E-state index in [1.165, 1.54) is 111 Å². The third kappa shape index (κ3) is 13.3. The molecule has 4 aromatic carbocycles. The number of anilines is 2. The Balaban J connectivity index is 0.000000175. The van der Waals surface area contributed by atoms with Gasteiger partial charge in [0.2, 0.25) is 0 Å². The quantitative estimate of drug-likeness (QED) is 0.0732. The van der Waals surface area contributed by atoms with Gasteiger partial charge in [-0.05, 0) is 87.6 Å². The second kappa shape index (κ2) is 24.4. The number of alkyl halides is 3. The van der Waals surface area contributed by atoms with Crippen molar-refractivity contribution in [2.75, 3.05) is 36.8 Å². The molecule has 0 saturated carbocycles. The van der Waals surface area contributed by atoms with Gasteiger partial charge in [0.15, 0.2) is 11.6 Å². The van der Waals surface area contributed by atoms with Crippen LogP contribution in [0.4, 0.5) is 42.4 Å². The molecule has 0 amide bonds. The first-order chi connectivity index (χ1) is 38.4. The lowest BCUT2D eigenvalue weighted by Gasteiger charge is -2.30. The van der Waals surface area contributed by atoms with Gasteiger partial charge in [0.1, 0.15) is 53.0 Å². The minimum atomic E-state index is -4.78. The van der Waals surface area contributed by atoms with Gasteiger partial charge in [-0.15, -0.1) is 0 Å². The maximum Gasteiger partial charge on any atom is 0.569 e. The summed E-state index contributed by atoms with van der Waals surface area (Å²) in [4.78, 5) is 25.6. The summed E-state index contributed by atoms with van der Waals surface area (Å²) in [5.41, 5.74) is 1.57. The summed E-state index contributed by atoms with van der Waals surface area (Å²) in [7, 11) is -4.77. The minimum absolute atomic E-state index is 0.0134. The van der Waals surface area contributed by atoms with Crippen molar-refractivity contribution in [3.8, 4) is 39.8 Å². The Morgan fingerprint density at radius 2 is 1.16 bits per heavy atom. The topological polar surface area (TPSA) is 243 Å². The molecular weight excluding hydrogens is 1190 g/mol. The highest BCUT2D eigenvalue weighted by atomic mass is 79.9. The zero-order chi connectivity index (χ0) is 58.6. The monoisotopic (exact) mass is 1230 g/mol. The maximum absolute atomic E-state index is 15.4. The number of hydrogen-bond acceptors (Lipinski definition) is 14. The molecule has 10 rings (SSSR count). The molecule has 1 radical (unpaired) electrons. The van der Waals surface area contributed by atoms with E-state index in [0.717, 1.165) is 6.07 Å². The molecule has 31 heteroatoms. The molecule has 0 bridgehead atoms. The number of fused-ring (bicyclic) bond motifs is 2. The van der Waals surface area contributed by atoms with Crippen molar-refractivity contribution in [3.63, 3.8) is 0 Å². The molecule has 20 nitrogen and oxygen atoms in total. The molecule has 3 N–H and O–H groups in total. The van der Waals surface area contributed by atoms with Crippen LogP contribution in [0.1, 0.15) is 33.6 Å².